The van der Waals surface area contributed by atoms with Crippen LogP contribution in [0.4, 0.5) is 11.4 Å². The second-order valence-electron chi connectivity index (χ2n) is 5.18. The van der Waals surface area contributed by atoms with Gasteiger partial charge in [-0.3, -0.25) is 4.79 Å². The summed E-state index contributed by atoms with van der Waals surface area (Å²) in [5.74, 6) is -0.188. The SMILES string of the molecule is Cc1cc(N)cc(Cl)c1NC(=O)c1cccc2ccccc12. The van der Waals surface area contributed by atoms with Crippen LogP contribution in [0.1, 0.15) is 15.9 Å². The van der Waals surface area contributed by atoms with Gasteiger partial charge in [0.25, 0.3) is 5.91 Å². The summed E-state index contributed by atoms with van der Waals surface area (Å²) in [5.41, 5.74) is 8.36. The largest absolute Gasteiger partial charge is 0.399 e. The van der Waals surface area contributed by atoms with Gasteiger partial charge in [0.15, 0.2) is 0 Å². The summed E-state index contributed by atoms with van der Waals surface area (Å²) >= 11 is 6.19. The van der Waals surface area contributed by atoms with Gasteiger partial charge in [0.1, 0.15) is 0 Å². The first-order chi connectivity index (χ1) is 10.6. The lowest BCUT2D eigenvalue weighted by molar-refractivity contribution is 0.102. The summed E-state index contributed by atoms with van der Waals surface area (Å²) in [6.45, 7) is 1.86. The van der Waals surface area contributed by atoms with Gasteiger partial charge in [-0.1, -0.05) is 48.0 Å². The Hall–Kier alpha value is -2.52. The van der Waals surface area contributed by atoms with E-state index in [1.807, 2.05) is 43.3 Å². The van der Waals surface area contributed by atoms with Gasteiger partial charge >= 0.3 is 0 Å². The predicted molar refractivity (Wildman–Crippen MR) is 92.5 cm³/mol. The molecule has 0 bridgehead atoms. The predicted octanol–water partition coefficient (Wildman–Crippen LogP) is 4.64. The highest BCUT2D eigenvalue weighted by Crippen LogP contribution is 2.29. The van der Waals surface area contributed by atoms with Crippen molar-refractivity contribution in [2.24, 2.45) is 0 Å². The molecule has 1 amide bonds. The Labute approximate surface area is 133 Å². The van der Waals surface area contributed by atoms with Crippen LogP contribution >= 0.6 is 11.6 Å². The molecule has 3 aromatic carbocycles. The molecule has 0 aliphatic heterocycles. The summed E-state index contributed by atoms with van der Waals surface area (Å²) in [6, 6.07) is 16.8. The lowest BCUT2D eigenvalue weighted by Gasteiger charge is -2.12. The zero-order valence-electron chi connectivity index (χ0n) is 12.1. The highest BCUT2D eigenvalue weighted by atomic mass is 35.5. The van der Waals surface area contributed by atoms with Gasteiger partial charge in [-0.05, 0) is 41.5 Å². The van der Waals surface area contributed by atoms with E-state index in [1.165, 1.54) is 0 Å². The number of amides is 1. The Kier molecular flexibility index (Phi) is 3.73. The van der Waals surface area contributed by atoms with Crippen molar-refractivity contribution in [3.63, 3.8) is 0 Å². The number of aryl methyl sites for hydroxylation is 1. The molecule has 0 radical (unpaired) electrons. The number of halogens is 1. The van der Waals surface area contributed by atoms with Gasteiger partial charge < -0.3 is 11.1 Å². The fourth-order valence-electron chi connectivity index (χ4n) is 2.53. The molecule has 110 valence electrons. The molecule has 4 heteroatoms. The maximum atomic E-state index is 12.6. The molecule has 3 nitrogen and oxygen atoms in total. The number of nitrogens with two attached hydrogens (primary N) is 1. The van der Waals surface area contributed by atoms with Crippen LogP contribution in [0.5, 0.6) is 0 Å². The Morgan fingerprint density at radius 2 is 1.82 bits per heavy atom. The standard InChI is InChI=1S/C18H15ClN2O/c1-11-9-13(20)10-16(19)17(11)21-18(22)15-8-4-6-12-5-2-3-7-14(12)15/h2-10H,20H2,1H3,(H,21,22). The first kappa shape index (κ1) is 14.4. The van der Waals surface area contributed by atoms with Crippen molar-refractivity contribution < 1.29 is 4.79 Å². The highest BCUT2D eigenvalue weighted by Gasteiger charge is 2.13. The second-order valence-corrected chi connectivity index (χ2v) is 5.58. The first-order valence-corrected chi connectivity index (χ1v) is 7.29. The third-order valence-corrected chi connectivity index (χ3v) is 3.88. The Bertz CT molecular complexity index is 846. The third-order valence-electron chi connectivity index (χ3n) is 3.58. The summed E-state index contributed by atoms with van der Waals surface area (Å²) in [6.07, 6.45) is 0. The van der Waals surface area contributed by atoms with Gasteiger partial charge in [0.2, 0.25) is 0 Å². The van der Waals surface area contributed by atoms with E-state index in [0.717, 1.165) is 16.3 Å². The van der Waals surface area contributed by atoms with Crippen LogP contribution in [0, 0.1) is 6.92 Å². The fourth-order valence-corrected chi connectivity index (χ4v) is 2.86. The van der Waals surface area contributed by atoms with Crippen molar-refractivity contribution in [2.75, 3.05) is 11.1 Å². The van der Waals surface area contributed by atoms with Crippen LogP contribution in [0.3, 0.4) is 0 Å². The first-order valence-electron chi connectivity index (χ1n) is 6.91. The molecule has 3 rings (SSSR count). The van der Waals surface area contributed by atoms with Crippen molar-refractivity contribution in [3.8, 4) is 0 Å². The molecule has 0 saturated heterocycles. The van der Waals surface area contributed by atoms with E-state index in [2.05, 4.69) is 5.32 Å². The van der Waals surface area contributed by atoms with E-state index >= 15 is 0 Å². The summed E-state index contributed by atoms with van der Waals surface area (Å²) in [7, 11) is 0. The van der Waals surface area contributed by atoms with Gasteiger partial charge in [-0.15, -0.1) is 0 Å². The molecule has 0 fully saturated rings. The molecule has 0 aromatic heterocycles. The number of carbonyl (C=O) groups excluding carboxylic acids is 1. The van der Waals surface area contributed by atoms with Crippen LogP contribution in [0.15, 0.2) is 54.6 Å². The number of carbonyl (C=O) groups is 1. The number of fused-ring (bicyclic) bond motifs is 1. The molecular weight excluding hydrogens is 296 g/mol. The molecule has 3 aromatic rings. The van der Waals surface area contributed by atoms with Gasteiger partial charge in [-0.25, -0.2) is 0 Å². The monoisotopic (exact) mass is 310 g/mol. The van der Waals surface area contributed by atoms with Crippen LogP contribution in [-0.2, 0) is 0 Å². The third kappa shape index (κ3) is 2.63. The zero-order valence-corrected chi connectivity index (χ0v) is 12.8. The fraction of sp³-hybridized carbons (Fsp3) is 0.0556. The Morgan fingerprint density at radius 1 is 1.09 bits per heavy atom. The molecule has 0 atom stereocenters. The van der Waals surface area contributed by atoms with Crippen molar-refractivity contribution in [1.82, 2.24) is 0 Å². The van der Waals surface area contributed by atoms with Crippen LogP contribution in [0.2, 0.25) is 5.02 Å². The lowest BCUT2D eigenvalue weighted by atomic mass is 10.0. The van der Waals surface area contributed by atoms with E-state index < -0.39 is 0 Å². The number of hydrogen-bond donors (Lipinski definition) is 2. The van der Waals surface area contributed by atoms with E-state index in [4.69, 9.17) is 17.3 Å². The number of hydrogen-bond acceptors (Lipinski definition) is 2. The van der Waals surface area contributed by atoms with Crippen LogP contribution in [0.25, 0.3) is 10.8 Å². The quantitative estimate of drug-likeness (QED) is 0.678. The van der Waals surface area contributed by atoms with Crippen molar-refractivity contribution in [2.45, 2.75) is 6.92 Å². The normalized spacial score (nSPS) is 10.6. The van der Waals surface area contributed by atoms with Crippen molar-refractivity contribution in [1.29, 1.82) is 0 Å². The van der Waals surface area contributed by atoms with Crippen LogP contribution in [-0.4, -0.2) is 5.91 Å². The summed E-state index contributed by atoms with van der Waals surface area (Å²) < 4.78 is 0. The minimum atomic E-state index is -0.188. The maximum absolute atomic E-state index is 12.6. The number of nitrogen functional groups attached to an aromatic ring is 1. The molecule has 0 aliphatic carbocycles. The minimum absolute atomic E-state index is 0.188. The molecule has 0 saturated carbocycles. The van der Waals surface area contributed by atoms with Gasteiger partial charge in [0.05, 0.1) is 10.7 Å². The smallest absolute Gasteiger partial charge is 0.256 e. The molecule has 3 N–H and O–H groups in total. The number of benzene rings is 3. The van der Waals surface area contributed by atoms with Gasteiger partial charge in [0, 0.05) is 11.3 Å². The minimum Gasteiger partial charge on any atom is -0.399 e. The molecular formula is C18H15ClN2O. The number of nitrogens with one attached hydrogen (secondary N) is 1. The molecule has 0 aliphatic rings. The van der Waals surface area contributed by atoms with Crippen molar-refractivity contribution in [3.05, 3.63) is 70.7 Å². The van der Waals surface area contributed by atoms with E-state index in [0.29, 0.717) is 22.0 Å². The number of anilines is 2. The average Bonchev–Trinajstić information content (AvgIpc) is 2.50. The van der Waals surface area contributed by atoms with E-state index in [9.17, 15) is 4.79 Å². The maximum Gasteiger partial charge on any atom is 0.256 e. The molecule has 0 spiro atoms. The Balaban J connectivity index is 2.01. The molecule has 0 heterocycles. The number of rotatable bonds is 2. The topological polar surface area (TPSA) is 55.1 Å². The van der Waals surface area contributed by atoms with E-state index in [1.54, 1.807) is 18.2 Å². The highest BCUT2D eigenvalue weighted by molar-refractivity contribution is 6.34. The zero-order chi connectivity index (χ0) is 15.7. The summed E-state index contributed by atoms with van der Waals surface area (Å²) in [5, 5.41) is 5.26. The van der Waals surface area contributed by atoms with Crippen LogP contribution < -0.4 is 11.1 Å². The lowest BCUT2D eigenvalue weighted by Crippen LogP contribution is -2.13. The average molecular weight is 311 g/mol. The molecule has 0 unspecified atom stereocenters. The second kappa shape index (κ2) is 5.70. The summed E-state index contributed by atoms with van der Waals surface area (Å²) in [4.78, 5) is 12.6. The molecule has 22 heavy (non-hydrogen) atoms. The van der Waals surface area contributed by atoms with Gasteiger partial charge in [-0.2, -0.15) is 0 Å². The van der Waals surface area contributed by atoms with Crippen molar-refractivity contribution >= 4 is 39.7 Å². The van der Waals surface area contributed by atoms with E-state index in [-0.39, 0.29) is 5.91 Å². The Morgan fingerprint density at radius 3 is 2.59 bits per heavy atom.